The average molecular weight is 239 g/mol. The van der Waals surface area contributed by atoms with Crippen molar-refractivity contribution in [2.24, 2.45) is 0 Å². The maximum absolute atomic E-state index is 12.2. The number of piperidine rings is 1. The predicted molar refractivity (Wildman–Crippen MR) is 51.9 cm³/mol. The number of nitrogens with one attached hydrogen (secondary N) is 1. The van der Waals surface area contributed by atoms with Crippen molar-refractivity contribution in [3.8, 4) is 0 Å². The fourth-order valence-electron chi connectivity index (χ4n) is 1.89. The number of esters is 1. The van der Waals surface area contributed by atoms with E-state index >= 15 is 0 Å². The van der Waals surface area contributed by atoms with Gasteiger partial charge in [-0.1, -0.05) is 0 Å². The largest absolute Gasteiger partial charge is 0.465 e. The molecule has 1 aliphatic rings. The van der Waals surface area contributed by atoms with Crippen LogP contribution in [-0.2, 0) is 9.53 Å². The summed E-state index contributed by atoms with van der Waals surface area (Å²) >= 11 is 0. The third-order valence-corrected chi connectivity index (χ3v) is 2.53. The van der Waals surface area contributed by atoms with Crippen LogP contribution in [0.3, 0.4) is 0 Å². The lowest BCUT2D eigenvalue weighted by Crippen LogP contribution is -2.48. The smallest absolute Gasteiger partial charge is 0.390 e. The van der Waals surface area contributed by atoms with Crippen molar-refractivity contribution in [3.63, 3.8) is 0 Å². The molecule has 1 heterocycles. The van der Waals surface area contributed by atoms with Crippen LogP contribution in [0.2, 0.25) is 0 Å². The van der Waals surface area contributed by atoms with Crippen LogP contribution < -0.4 is 5.32 Å². The number of carbonyl (C=O) groups is 1. The molecule has 1 N–H and O–H groups in total. The van der Waals surface area contributed by atoms with Crippen LogP contribution in [-0.4, -0.2) is 30.8 Å². The minimum Gasteiger partial charge on any atom is -0.465 e. The molecule has 0 radical (unpaired) electrons. The number of alkyl halides is 3. The van der Waals surface area contributed by atoms with Crippen LogP contribution in [0.25, 0.3) is 0 Å². The van der Waals surface area contributed by atoms with Gasteiger partial charge in [0.25, 0.3) is 0 Å². The molecule has 1 aliphatic heterocycles. The summed E-state index contributed by atoms with van der Waals surface area (Å²) in [5, 5.41) is 2.70. The van der Waals surface area contributed by atoms with Crippen molar-refractivity contribution in [3.05, 3.63) is 0 Å². The van der Waals surface area contributed by atoms with Gasteiger partial charge in [-0.2, -0.15) is 13.2 Å². The Kier molecular flexibility index (Phi) is 4.58. The van der Waals surface area contributed by atoms with E-state index in [0.29, 0.717) is 19.3 Å². The summed E-state index contributed by atoms with van der Waals surface area (Å²) in [5.41, 5.74) is 0. The molecule has 0 aromatic heterocycles. The summed E-state index contributed by atoms with van der Waals surface area (Å²) in [6.45, 7) is 1.93. The van der Waals surface area contributed by atoms with Crippen molar-refractivity contribution in [2.45, 2.75) is 50.9 Å². The number of rotatable bonds is 3. The molecular formula is C10H16F3NO2. The van der Waals surface area contributed by atoms with E-state index in [0.717, 1.165) is 0 Å². The van der Waals surface area contributed by atoms with Crippen LogP contribution in [0.1, 0.15) is 32.6 Å². The molecule has 1 saturated heterocycles. The first-order chi connectivity index (χ1) is 7.42. The van der Waals surface area contributed by atoms with Gasteiger partial charge in [0.1, 0.15) is 6.04 Å². The van der Waals surface area contributed by atoms with E-state index in [2.05, 4.69) is 5.32 Å². The van der Waals surface area contributed by atoms with Gasteiger partial charge in [0.15, 0.2) is 0 Å². The Morgan fingerprint density at radius 3 is 2.69 bits per heavy atom. The van der Waals surface area contributed by atoms with Gasteiger partial charge in [0, 0.05) is 6.04 Å². The molecule has 2 atom stereocenters. The molecule has 3 nitrogen and oxygen atoms in total. The number of hydrogen-bond acceptors (Lipinski definition) is 3. The zero-order valence-electron chi connectivity index (χ0n) is 9.14. The summed E-state index contributed by atoms with van der Waals surface area (Å²) in [6, 6.07) is -1.25. The van der Waals surface area contributed by atoms with Crippen molar-refractivity contribution in [1.29, 1.82) is 0 Å². The highest BCUT2D eigenvalue weighted by atomic mass is 19.4. The molecule has 2 unspecified atom stereocenters. The summed E-state index contributed by atoms with van der Waals surface area (Å²) in [6.07, 6.45) is -3.45. The zero-order chi connectivity index (χ0) is 12.2. The number of halogens is 3. The first kappa shape index (κ1) is 13.3. The summed E-state index contributed by atoms with van der Waals surface area (Å²) in [4.78, 5) is 11.3. The Morgan fingerprint density at radius 2 is 2.12 bits per heavy atom. The summed E-state index contributed by atoms with van der Waals surface area (Å²) in [7, 11) is 0. The van der Waals surface area contributed by atoms with Crippen LogP contribution >= 0.6 is 0 Å². The molecule has 0 aromatic carbocycles. The molecule has 0 saturated carbocycles. The minimum atomic E-state index is -4.19. The molecule has 1 fully saturated rings. The van der Waals surface area contributed by atoms with Crippen molar-refractivity contribution < 1.29 is 22.7 Å². The number of carbonyl (C=O) groups excluding carboxylic acids is 1. The molecule has 16 heavy (non-hydrogen) atoms. The monoisotopic (exact) mass is 239 g/mol. The average Bonchev–Trinajstić information content (AvgIpc) is 2.16. The third-order valence-electron chi connectivity index (χ3n) is 2.53. The highest BCUT2D eigenvalue weighted by Crippen LogP contribution is 2.26. The fraction of sp³-hybridized carbons (Fsp3) is 0.900. The lowest BCUT2D eigenvalue weighted by atomic mass is 9.96. The van der Waals surface area contributed by atoms with Crippen LogP contribution in [0.15, 0.2) is 0 Å². The lowest BCUT2D eigenvalue weighted by molar-refractivity contribution is -0.152. The summed E-state index contributed by atoms with van der Waals surface area (Å²) < 4.78 is 41.3. The van der Waals surface area contributed by atoms with Gasteiger partial charge < -0.3 is 10.1 Å². The van der Waals surface area contributed by atoms with Gasteiger partial charge in [-0.3, -0.25) is 4.79 Å². The molecule has 1 rings (SSSR count). The Labute approximate surface area is 92.3 Å². The number of hydrogen-bond donors (Lipinski definition) is 1. The van der Waals surface area contributed by atoms with Crippen molar-refractivity contribution in [2.75, 3.05) is 6.61 Å². The first-order valence-electron chi connectivity index (χ1n) is 5.42. The maximum Gasteiger partial charge on any atom is 0.390 e. The predicted octanol–water partition coefficient (Wildman–Crippen LogP) is 2.01. The Bertz CT molecular complexity index is 243. The topological polar surface area (TPSA) is 38.3 Å². The molecule has 0 bridgehead atoms. The van der Waals surface area contributed by atoms with Gasteiger partial charge in [-0.05, 0) is 26.2 Å². The van der Waals surface area contributed by atoms with Crippen molar-refractivity contribution >= 4 is 5.97 Å². The highest BCUT2D eigenvalue weighted by molar-refractivity contribution is 5.75. The van der Waals surface area contributed by atoms with Crippen LogP contribution in [0.5, 0.6) is 0 Å². The van der Waals surface area contributed by atoms with E-state index < -0.39 is 30.7 Å². The molecule has 6 heteroatoms. The van der Waals surface area contributed by atoms with E-state index in [-0.39, 0.29) is 6.61 Å². The molecule has 0 amide bonds. The Morgan fingerprint density at radius 1 is 1.44 bits per heavy atom. The highest BCUT2D eigenvalue weighted by Gasteiger charge is 2.35. The van der Waals surface area contributed by atoms with E-state index in [9.17, 15) is 18.0 Å². The standard InChI is InChI=1S/C10H16F3NO2/c1-2-16-9(15)8-5-3-4-7(14-8)6-10(11,12)13/h7-8,14H,2-6H2,1H3. The SMILES string of the molecule is CCOC(=O)C1CCCC(CC(F)(F)F)N1. The normalized spacial score (nSPS) is 26.5. The second-order valence-corrected chi connectivity index (χ2v) is 3.92. The Balaban J connectivity index is 2.44. The Hall–Kier alpha value is -0.780. The second-order valence-electron chi connectivity index (χ2n) is 3.92. The van der Waals surface area contributed by atoms with E-state index in [4.69, 9.17) is 4.74 Å². The van der Waals surface area contributed by atoms with Crippen LogP contribution in [0, 0.1) is 0 Å². The first-order valence-corrected chi connectivity index (χ1v) is 5.42. The zero-order valence-corrected chi connectivity index (χ0v) is 9.14. The van der Waals surface area contributed by atoms with E-state index in [1.807, 2.05) is 0 Å². The molecule has 0 aliphatic carbocycles. The van der Waals surface area contributed by atoms with E-state index in [1.54, 1.807) is 6.92 Å². The van der Waals surface area contributed by atoms with Crippen molar-refractivity contribution in [1.82, 2.24) is 5.32 Å². The van der Waals surface area contributed by atoms with Gasteiger partial charge >= 0.3 is 12.1 Å². The molecule has 0 aromatic rings. The minimum absolute atomic E-state index is 0.251. The van der Waals surface area contributed by atoms with Gasteiger partial charge in [0.05, 0.1) is 13.0 Å². The lowest BCUT2D eigenvalue weighted by Gasteiger charge is -2.30. The summed E-state index contributed by atoms with van der Waals surface area (Å²) in [5.74, 6) is -0.450. The molecule has 0 spiro atoms. The maximum atomic E-state index is 12.2. The molecular weight excluding hydrogens is 223 g/mol. The second kappa shape index (κ2) is 5.52. The molecule has 94 valence electrons. The van der Waals surface area contributed by atoms with Gasteiger partial charge in [-0.25, -0.2) is 0 Å². The fourth-order valence-corrected chi connectivity index (χ4v) is 1.89. The number of ether oxygens (including phenoxy) is 1. The quantitative estimate of drug-likeness (QED) is 0.766. The third kappa shape index (κ3) is 4.38. The van der Waals surface area contributed by atoms with E-state index in [1.165, 1.54) is 0 Å². The van der Waals surface area contributed by atoms with Crippen LogP contribution in [0.4, 0.5) is 13.2 Å². The van der Waals surface area contributed by atoms with Gasteiger partial charge in [0.2, 0.25) is 0 Å². The van der Waals surface area contributed by atoms with Gasteiger partial charge in [-0.15, -0.1) is 0 Å².